The Morgan fingerprint density at radius 3 is 2.39 bits per heavy atom. The Hall–Kier alpha value is -4.09. The van der Waals surface area contributed by atoms with Crippen LogP contribution in [0.1, 0.15) is 11.1 Å². The van der Waals surface area contributed by atoms with Gasteiger partial charge >= 0.3 is 12.2 Å². The van der Waals surface area contributed by atoms with E-state index in [2.05, 4.69) is 33.1 Å². The quantitative estimate of drug-likeness (QED) is 0.349. The number of amides is 2. The van der Waals surface area contributed by atoms with Crippen LogP contribution in [0.15, 0.2) is 60.7 Å². The molecule has 1 aliphatic rings. The van der Waals surface area contributed by atoms with Crippen LogP contribution in [-0.4, -0.2) is 59.3 Å². The van der Waals surface area contributed by atoms with Crippen LogP contribution in [0, 0.1) is 0 Å². The van der Waals surface area contributed by atoms with Gasteiger partial charge in [0.05, 0.1) is 27.8 Å². The molecular formula is C27H28F3N7O. The number of aromatic amines is 1. The normalized spacial score (nSPS) is 15.2. The third kappa shape index (κ3) is 5.02. The molecule has 0 atom stereocenters. The van der Waals surface area contributed by atoms with Crippen molar-refractivity contribution < 1.29 is 18.0 Å². The van der Waals surface area contributed by atoms with Crippen molar-refractivity contribution in [1.29, 1.82) is 0 Å². The standard InChI is InChI=1S/C27H28F3N7O/c1-35-11-13-36(14-12-35)16-18-7-10-22(23-24(18)33-34-25(23)31)17-5-8-20(9-6-17)37(26(32)38)21-4-2-3-19(15-21)27(28,29)30/h2-10,15H,11-14,16H2,1H3,(H2,32,38)(H3,31,33,34). The number of piperazine rings is 1. The van der Waals surface area contributed by atoms with Crippen LogP contribution in [-0.2, 0) is 12.7 Å². The van der Waals surface area contributed by atoms with Gasteiger partial charge in [0.15, 0.2) is 5.82 Å². The van der Waals surface area contributed by atoms with Crippen LogP contribution in [0.4, 0.5) is 35.2 Å². The van der Waals surface area contributed by atoms with Crippen molar-refractivity contribution in [3.8, 4) is 11.1 Å². The van der Waals surface area contributed by atoms with Crippen molar-refractivity contribution in [1.82, 2.24) is 20.0 Å². The highest BCUT2D eigenvalue weighted by Gasteiger charge is 2.31. The average molecular weight is 524 g/mol. The molecule has 0 spiro atoms. The van der Waals surface area contributed by atoms with Gasteiger partial charge in [-0.25, -0.2) is 4.79 Å². The van der Waals surface area contributed by atoms with Gasteiger partial charge in [0.1, 0.15) is 0 Å². The Balaban J connectivity index is 1.46. The molecule has 0 saturated carbocycles. The first kappa shape index (κ1) is 25.6. The average Bonchev–Trinajstić information content (AvgIpc) is 3.28. The Kier molecular flexibility index (Phi) is 6.72. The number of nitrogens with one attached hydrogen (secondary N) is 1. The SMILES string of the molecule is CN1CCN(Cc2ccc(-c3ccc(N(C(N)=O)c4cccc(C(F)(F)F)c4)cc3)c3c(N)n[nH]c23)CC1. The third-order valence-corrected chi connectivity index (χ3v) is 6.91. The van der Waals surface area contributed by atoms with Gasteiger partial charge in [-0.3, -0.25) is 14.9 Å². The van der Waals surface area contributed by atoms with Crippen LogP contribution in [0.2, 0.25) is 0 Å². The number of primary amides is 1. The molecule has 0 bridgehead atoms. The number of H-pyrrole nitrogens is 1. The lowest BCUT2D eigenvalue weighted by atomic mass is 9.98. The number of carbonyl (C=O) groups excluding carboxylic acids is 1. The molecule has 0 aliphatic carbocycles. The molecule has 11 heteroatoms. The first-order valence-electron chi connectivity index (χ1n) is 12.2. The fourth-order valence-corrected chi connectivity index (χ4v) is 4.85. The summed E-state index contributed by atoms with van der Waals surface area (Å²) in [5.41, 5.74) is 14.9. The lowest BCUT2D eigenvalue weighted by Crippen LogP contribution is -2.43. The van der Waals surface area contributed by atoms with Crippen LogP contribution >= 0.6 is 0 Å². The van der Waals surface area contributed by atoms with Gasteiger partial charge in [0.2, 0.25) is 0 Å². The number of halogens is 3. The van der Waals surface area contributed by atoms with Gasteiger partial charge in [-0.2, -0.15) is 18.3 Å². The highest BCUT2D eigenvalue weighted by atomic mass is 19.4. The maximum absolute atomic E-state index is 13.2. The Morgan fingerprint density at radius 2 is 1.74 bits per heavy atom. The maximum Gasteiger partial charge on any atom is 0.416 e. The molecule has 1 aromatic heterocycles. The molecule has 5 N–H and O–H groups in total. The van der Waals surface area contributed by atoms with E-state index in [4.69, 9.17) is 11.5 Å². The van der Waals surface area contributed by atoms with Crippen molar-refractivity contribution in [3.63, 3.8) is 0 Å². The molecule has 3 aromatic carbocycles. The Bertz CT molecular complexity index is 1460. The molecule has 198 valence electrons. The van der Waals surface area contributed by atoms with Gasteiger partial charge < -0.3 is 16.4 Å². The summed E-state index contributed by atoms with van der Waals surface area (Å²) >= 11 is 0. The van der Waals surface area contributed by atoms with Crippen molar-refractivity contribution >= 4 is 34.1 Å². The highest BCUT2D eigenvalue weighted by molar-refractivity contribution is 6.03. The van der Waals surface area contributed by atoms with E-state index in [-0.39, 0.29) is 5.69 Å². The number of urea groups is 1. The minimum Gasteiger partial charge on any atom is -0.382 e. The summed E-state index contributed by atoms with van der Waals surface area (Å²) < 4.78 is 39.7. The fourth-order valence-electron chi connectivity index (χ4n) is 4.85. The topological polar surface area (TPSA) is 108 Å². The number of carbonyl (C=O) groups is 1. The predicted octanol–water partition coefficient (Wildman–Crippen LogP) is 4.80. The molecule has 2 amide bonds. The summed E-state index contributed by atoms with van der Waals surface area (Å²) in [6.07, 6.45) is -4.55. The number of nitrogen functional groups attached to an aromatic ring is 1. The van der Waals surface area contributed by atoms with E-state index in [9.17, 15) is 18.0 Å². The molecular weight excluding hydrogens is 495 g/mol. The van der Waals surface area contributed by atoms with Gasteiger partial charge in [-0.1, -0.05) is 30.3 Å². The van der Waals surface area contributed by atoms with E-state index < -0.39 is 17.8 Å². The molecule has 5 rings (SSSR count). The summed E-state index contributed by atoms with van der Waals surface area (Å²) in [6.45, 7) is 4.76. The van der Waals surface area contributed by atoms with Gasteiger partial charge in [0.25, 0.3) is 0 Å². The zero-order chi connectivity index (χ0) is 27.0. The minimum absolute atomic E-state index is 0.0230. The lowest BCUT2D eigenvalue weighted by Gasteiger charge is -2.32. The van der Waals surface area contributed by atoms with Crippen LogP contribution in [0.25, 0.3) is 22.0 Å². The number of alkyl halides is 3. The van der Waals surface area contributed by atoms with E-state index in [1.165, 1.54) is 12.1 Å². The lowest BCUT2D eigenvalue weighted by molar-refractivity contribution is -0.137. The first-order valence-corrected chi connectivity index (χ1v) is 12.2. The van der Waals surface area contributed by atoms with Crippen molar-refractivity contribution in [2.75, 3.05) is 43.9 Å². The number of hydrogen-bond donors (Lipinski definition) is 3. The number of nitrogens with zero attached hydrogens (tertiary/aromatic N) is 4. The second-order valence-electron chi connectivity index (χ2n) is 9.48. The zero-order valence-corrected chi connectivity index (χ0v) is 20.8. The molecule has 0 unspecified atom stereocenters. The van der Waals surface area contributed by atoms with E-state index in [1.807, 2.05) is 6.07 Å². The monoisotopic (exact) mass is 523 g/mol. The summed E-state index contributed by atoms with van der Waals surface area (Å²) in [6, 6.07) is 14.5. The Labute approximate surface area is 217 Å². The second kappa shape index (κ2) is 9.99. The predicted molar refractivity (Wildman–Crippen MR) is 142 cm³/mol. The summed E-state index contributed by atoms with van der Waals surface area (Å²) in [5.74, 6) is 0.377. The van der Waals surface area contributed by atoms with E-state index in [1.54, 1.807) is 24.3 Å². The molecule has 0 radical (unpaired) electrons. The zero-order valence-electron chi connectivity index (χ0n) is 20.8. The molecule has 38 heavy (non-hydrogen) atoms. The molecule has 8 nitrogen and oxygen atoms in total. The molecule has 2 heterocycles. The summed E-state index contributed by atoms with van der Waals surface area (Å²) in [4.78, 5) is 18.0. The largest absolute Gasteiger partial charge is 0.416 e. The third-order valence-electron chi connectivity index (χ3n) is 6.91. The van der Waals surface area contributed by atoms with E-state index in [0.717, 1.165) is 77.3 Å². The number of aromatic nitrogens is 2. The number of benzene rings is 3. The molecule has 1 fully saturated rings. The van der Waals surface area contributed by atoms with Crippen LogP contribution < -0.4 is 16.4 Å². The van der Waals surface area contributed by atoms with Crippen molar-refractivity contribution in [2.45, 2.75) is 12.7 Å². The van der Waals surface area contributed by atoms with Gasteiger partial charge in [0, 0.05) is 32.7 Å². The fraction of sp³-hybridized carbons (Fsp3) is 0.259. The smallest absolute Gasteiger partial charge is 0.382 e. The van der Waals surface area contributed by atoms with Crippen LogP contribution in [0.5, 0.6) is 0 Å². The van der Waals surface area contributed by atoms with Crippen molar-refractivity contribution in [2.24, 2.45) is 5.73 Å². The molecule has 4 aromatic rings. The van der Waals surface area contributed by atoms with Gasteiger partial charge in [-0.15, -0.1) is 0 Å². The second-order valence-corrected chi connectivity index (χ2v) is 9.48. The summed E-state index contributed by atoms with van der Waals surface area (Å²) in [5, 5.41) is 8.12. The number of hydrogen-bond acceptors (Lipinski definition) is 5. The highest BCUT2D eigenvalue weighted by Crippen LogP contribution is 2.37. The molecule has 1 aliphatic heterocycles. The van der Waals surface area contributed by atoms with E-state index >= 15 is 0 Å². The van der Waals surface area contributed by atoms with Crippen LogP contribution in [0.3, 0.4) is 0 Å². The number of anilines is 3. The van der Waals surface area contributed by atoms with Crippen molar-refractivity contribution in [3.05, 3.63) is 71.8 Å². The number of rotatable bonds is 5. The number of nitrogens with two attached hydrogens (primary N) is 2. The maximum atomic E-state index is 13.2. The summed E-state index contributed by atoms with van der Waals surface area (Å²) in [7, 11) is 2.12. The Morgan fingerprint density at radius 1 is 1.03 bits per heavy atom. The minimum atomic E-state index is -4.55. The van der Waals surface area contributed by atoms with Gasteiger partial charge in [-0.05, 0) is 54.1 Å². The number of fused-ring (bicyclic) bond motifs is 1. The first-order chi connectivity index (χ1) is 18.1. The van der Waals surface area contributed by atoms with E-state index in [0.29, 0.717) is 11.5 Å². The molecule has 1 saturated heterocycles. The number of likely N-dealkylation sites (N-methyl/N-ethyl adjacent to an activating group) is 1.